The van der Waals surface area contributed by atoms with Gasteiger partial charge in [0.15, 0.2) is 0 Å². The molecule has 1 heterocycles. The molecule has 1 aliphatic carbocycles. The number of hydrogen-bond donors (Lipinski definition) is 1. The topological polar surface area (TPSA) is 15.3 Å². The van der Waals surface area contributed by atoms with E-state index in [1.165, 1.54) is 45.2 Å². The monoisotopic (exact) mass is 252 g/mol. The van der Waals surface area contributed by atoms with Crippen LogP contribution in [0.1, 0.15) is 52.9 Å². The summed E-state index contributed by atoms with van der Waals surface area (Å²) in [5.41, 5.74) is 0. The number of nitrogens with one attached hydrogen (secondary N) is 1. The van der Waals surface area contributed by atoms with Crippen molar-refractivity contribution in [2.45, 2.75) is 65.0 Å². The molecule has 1 saturated carbocycles. The summed E-state index contributed by atoms with van der Waals surface area (Å²) in [6.45, 7) is 9.84. The van der Waals surface area contributed by atoms with Crippen molar-refractivity contribution in [1.29, 1.82) is 0 Å². The van der Waals surface area contributed by atoms with Crippen LogP contribution in [0.5, 0.6) is 0 Å². The van der Waals surface area contributed by atoms with Crippen LogP contribution in [0.25, 0.3) is 0 Å². The third kappa shape index (κ3) is 3.27. The summed E-state index contributed by atoms with van der Waals surface area (Å²) in [5, 5.41) is 3.60. The normalized spacial score (nSPS) is 37.0. The Labute approximate surface area is 114 Å². The molecule has 0 aromatic carbocycles. The van der Waals surface area contributed by atoms with Crippen LogP contribution in [0.3, 0.4) is 0 Å². The Morgan fingerprint density at radius 2 is 1.83 bits per heavy atom. The molecule has 18 heavy (non-hydrogen) atoms. The van der Waals surface area contributed by atoms with Crippen molar-refractivity contribution >= 4 is 0 Å². The van der Waals surface area contributed by atoms with E-state index in [4.69, 9.17) is 0 Å². The standard InChI is InChI=1S/C16H32N2/c1-12-9-13(2)14(3)18(10-12)11-16(17-4)15-7-5-6-8-15/h12-17H,5-11H2,1-4H3. The molecule has 2 fully saturated rings. The first kappa shape index (κ1) is 14.3. The fourth-order valence-electron chi connectivity index (χ4n) is 4.16. The van der Waals surface area contributed by atoms with Crippen molar-refractivity contribution in [3.05, 3.63) is 0 Å². The second kappa shape index (κ2) is 6.38. The first-order valence-corrected chi connectivity index (χ1v) is 8.03. The Kier molecular flexibility index (Phi) is 5.08. The maximum atomic E-state index is 3.60. The molecule has 0 aromatic rings. The number of piperidine rings is 1. The molecular formula is C16H32N2. The molecule has 1 aliphatic heterocycles. The molecule has 0 spiro atoms. The van der Waals surface area contributed by atoms with Crippen LogP contribution in [0.4, 0.5) is 0 Å². The van der Waals surface area contributed by atoms with E-state index >= 15 is 0 Å². The largest absolute Gasteiger partial charge is 0.315 e. The maximum absolute atomic E-state index is 3.60. The number of nitrogens with zero attached hydrogens (tertiary/aromatic N) is 1. The van der Waals surface area contributed by atoms with E-state index < -0.39 is 0 Å². The van der Waals surface area contributed by atoms with E-state index in [1.54, 1.807) is 0 Å². The zero-order chi connectivity index (χ0) is 13.1. The first-order chi connectivity index (χ1) is 8.61. The lowest BCUT2D eigenvalue weighted by Crippen LogP contribution is -2.52. The molecule has 2 nitrogen and oxygen atoms in total. The summed E-state index contributed by atoms with van der Waals surface area (Å²) < 4.78 is 0. The molecule has 106 valence electrons. The van der Waals surface area contributed by atoms with E-state index in [-0.39, 0.29) is 0 Å². The highest BCUT2D eigenvalue weighted by atomic mass is 15.2. The molecular weight excluding hydrogens is 220 g/mol. The fourth-order valence-corrected chi connectivity index (χ4v) is 4.16. The fraction of sp³-hybridized carbons (Fsp3) is 1.00. The van der Waals surface area contributed by atoms with Gasteiger partial charge in [0, 0.05) is 25.2 Å². The average Bonchev–Trinajstić information content (AvgIpc) is 2.85. The van der Waals surface area contributed by atoms with E-state index in [2.05, 4.69) is 38.0 Å². The summed E-state index contributed by atoms with van der Waals surface area (Å²) in [4.78, 5) is 2.75. The highest BCUT2D eigenvalue weighted by Crippen LogP contribution is 2.31. The molecule has 4 unspecified atom stereocenters. The Morgan fingerprint density at radius 3 is 2.44 bits per heavy atom. The second-order valence-corrected chi connectivity index (χ2v) is 6.95. The number of likely N-dealkylation sites (tertiary alicyclic amines) is 1. The molecule has 0 radical (unpaired) electrons. The molecule has 2 aliphatic rings. The molecule has 4 atom stereocenters. The minimum Gasteiger partial charge on any atom is -0.315 e. The van der Waals surface area contributed by atoms with Crippen molar-refractivity contribution in [1.82, 2.24) is 10.2 Å². The summed E-state index contributed by atoms with van der Waals surface area (Å²) >= 11 is 0. The van der Waals surface area contributed by atoms with Crippen LogP contribution in [-0.4, -0.2) is 37.1 Å². The SMILES string of the molecule is CNC(CN1CC(C)CC(C)C1C)C1CCCC1. The second-order valence-electron chi connectivity index (χ2n) is 6.95. The smallest absolute Gasteiger partial charge is 0.0220 e. The lowest BCUT2D eigenvalue weighted by atomic mass is 9.85. The van der Waals surface area contributed by atoms with Crippen molar-refractivity contribution < 1.29 is 0 Å². The lowest BCUT2D eigenvalue weighted by molar-refractivity contribution is 0.0639. The minimum atomic E-state index is 0.715. The first-order valence-electron chi connectivity index (χ1n) is 8.03. The number of rotatable bonds is 4. The lowest BCUT2D eigenvalue weighted by Gasteiger charge is -2.43. The van der Waals surface area contributed by atoms with Crippen molar-refractivity contribution in [3.8, 4) is 0 Å². The van der Waals surface area contributed by atoms with Gasteiger partial charge in [-0.15, -0.1) is 0 Å². The Bertz CT molecular complexity index is 247. The van der Waals surface area contributed by atoms with E-state index in [0.29, 0.717) is 6.04 Å². The third-order valence-corrected chi connectivity index (χ3v) is 5.49. The van der Waals surface area contributed by atoms with Gasteiger partial charge < -0.3 is 5.32 Å². The Hall–Kier alpha value is -0.0800. The van der Waals surface area contributed by atoms with Crippen LogP contribution < -0.4 is 5.32 Å². The molecule has 1 saturated heterocycles. The van der Waals surface area contributed by atoms with Gasteiger partial charge in [-0.1, -0.05) is 26.7 Å². The van der Waals surface area contributed by atoms with E-state index in [1.807, 2.05) is 0 Å². The summed E-state index contributed by atoms with van der Waals surface area (Å²) in [6, 6.07) is 1.48. The van der Waals surface area contributed by atoms with Crippen LogP contribution in [0.2, 0.25) is 0 Å². The van der Waals surface area contributed by atoms with Crippen LogP contribution in [0.15, 0.2) is 0 Å². The van der Waals surface area contributed by atoms with Gasteiger partial charge in [0.05, 0.1) is 0 Å². The third-order valence-electron chi connectivity index (χ3n) is 5.49. The molecule has 1 N–H and O–H groups in total. The van der Waals surface area contributed by atoms with Gasteiger partial charge in [0.1, 0.15) is 0 Å². The summed E-state index contributed by atoms with van der Waals surface area (Å²) in [7, 11) is 2.16. The summed E-state index contributed by atoms with van der Waals surface area (Å²) in [6.07, 6.45) is 7.19. The van der Waals surface area contributed by atoms with Gasteiger partial charge in [0.2, 0.25) is 0 Å². The zero-order valence-electron chi connectivity index (χ0n) is 12.8. The van der Waals surface area contributed by atoms with Gasteiger partial charge in [-0.2, -0.15) is 0 Å². The molecule has 0 bridgehead atoms. The highest BCUT2D eigenvalue weighted by molar-refractivity contribution is 4.88. The summed E-state index contributed by atoms with van der Waals surface area (Å²) in [5.74, 6) is 2.65. The minimum absolute atomic E-state index is 0.715. The Balaban J connectivity index is 1.92. The van der Waals surface area contributed by atoms with Crippen LogP contribution in [0, 0.1) is 17.8 Å². The van der Waals surface area contributed by atoms with E-state index in [0.717, 1.165) is 23.8 Å². The van der Waals surface area contributed by atoms with Gasteiger partial charge in [-0.25, -0.2) is 0 Å². The molecule has 2 rings (SSSR count). The Morgan fingerprint density at radius 1 is 1.17 bits per heavy atom. The maximum Gasteiger partial charge on any atom is 0.0220 e. The van der Waals surface area contributed by atoms with Crippen LogP contribution >= 0.6 is 0 Å². The molecule has 0 aromatic heterocycles. The van der Waals surface area contributed by atoms with Crippen LogP contribution in [-0.2, 0) is 0 Å². The molecule has 2 heteroatoms. The molecule has 0 amide bonds. The van der Waals surface area contributed by atoms with Crippen molar-refractivity contribution in [3.63, 3.8) is 0 Å². The quantitative estimate of drug-likeness (QED) is 0.827. The number of hydrogen-bond acceptors (Lipinski definition) is 2. The highest BCUT2D eigenvalue weighted by Gasteiger charge is 2.32. The predicted molar refractivity (Wildman–Crippen MR) is 78.8 cm³/mol. The van der Waals surface area contributed by atoms with Gasteiger partial charge in [0.25, 0.3) is 0 Å². The zero-order valence-corrected chi connectivity index (χ0v) is 12.8. The van der Waals surface area contributed by atoms with Crippen molar-refractivity contribution in [2.75, 3.05) is 20.1 Å². The van der Waals surface area contributed by atoms with Gasteiger partial charge in [-0.3, -0.25) is 4.90 Å². The predicted octanol–water partition coefficient (Wildman–Crippen LogP) is 3.13. The van der Waals surface area contributed by atoms with Crippen molar-refractivity contribution in [2.24, 2.45) is 17.8 Å². The van der Waals surface area contributed by atoms with Gasteiger partial charge >= 0.3 is 0 Å². The average molecular weight is 252 g/mol. The van der Waals surface area contributed by atoms with Gasteiger partial charge in [-0.05, 0) is 51.0 Å². The number of likely N-dealkylation sites (N-methyl/N-ethyl adjacent to an activating group) is 1. The van der Waals surface area contributed by atoms with E-state index in [9.17, 15) is 0 Å².